The molecular weight excluding hydrogens is 959 g/mol. The molecule has 8 rings (SSSR count). The third-order valence-corrected chi connectivity index (χ3v) is 11.6. The van der Waals surface area contributed by atoms with Crippen molar-refractivity contribution in [3.05, 3.63) is 245 Å². The Hall–Kier alpha value is -8.90. The molecule has 0 saturated heterocycles. The van der Waals surface area contributed by atoms with Crippen molar-refractivity contribution in [3.8, 4) is 40.2 Å². The Bertz CT molecular complexity index is 2790. The normalized spacial score (nSPS) is 11.4. The maximum absolute atomic E-state index is 12.7. The number of hydrogen-bond donors (Lipinski definition) is 1. The van der Waals surface area contributed by atoms with Crippen LogP contribution in [0.4, 0.5) is 4.79 Å². The van der Waals surface area contributed by atoms with E-state index in [1.165, 1.54) is 7.11 Å². The number of carbonyl (C=O) groups is 2. The van der Waals surface area contributed by atoms with Gasteiger partial charge in [0.2, 0.25) is 0 Å². The second-order valence-corrected chi connectivity index (χ2v) is 19.0. The number of esters is 1. The molecule has 8 aromatic carbocycles. The summed E-state index contributed by atoms with van der Waals surface area (Å²) in [5, 5.41) is 2.63. The van der Waals surface area contributed by atoms with Crippen molar-refractivity contribution in [2.45, 2.75) is 85.1 Å². The van der Waals surface area contributed by atoms with Gasteiger partial charge in [0.1, 0.15) is 98.1 Å². The Kier molecular flexibility index (Phi) is 18.9. The first-order chi connectivity index (χ1) is 37.0. The summed E-state index contributed by atoms with van der Waals surface area (Å²) in [5.74, 6) is 3.67. The summed E-state index contributed by atoms with van der Waals surface area (Å²) >= 11 is 0. The second kappa shape index (κ2) is 26.9. The highest BCUT2D eigenvalue weighted by Crippen LogP contribution is 2.31. The van der Waals surface area contributed by atoms with Crippen LogP contribution >= 0.6 is 0 Å². The molecule has 0 aliphatic carbocycles. The first-order valence-corrected chi connectivity index (χ1v) is 25.1. The average molecular weight is 1020 g/mol. The van der Waals surface area contributed by atoms with E-state index in [1.807, 2.05) is 200 Å². The maximum atomic E-state index is 12.7. The molecule has 0 heterocycles. The van der Waals surface area contributed by atoms with Crippen molar-refractivity contribution in [2.75, 3.05) is 7.11 Å². The molecule has 12 nitrogen and oxygen atoms in total. The summed E-state index contributed by atoms with van der Waals surface area (Å²) in [6.45, 7) is 7.34. The van der Waals surface area contributed by atoms with Crippen molar-refractivity contribution in [1.82, 2.24) is 5.32 Å². The fraction of sp³-hybridized carbons (Fsp3) is 0.219. The van der Waals surface area contributed by atoms with E-state index in [2.05, 4.69) is 5.32 Å². The van der Waals surface area contributed by atoms with Crippen LogP contribution in [0.2, 0.25) is 0 Å². The predicted molar refractivity (Wildman–Crippen MR) is 291 cm³/mol. The molecule has 1 amide bonds. The molecule has 0 unspecified atom stereocenters. The number of rotatable bonds is 25. The molecule has 0 bridgehead atoms. The van der Waals surface area contributed by atoms with E-state index in [-0.39, 0.29) is 26.2 Å². The third kappa shape index (κ3) is 17.7. The number of methoxy groups -OCH3 is 1. The van der Waals surface area contributed by atoms with E-state index < -0.39 is 23.7 Å². The third-order valence-electron chi connectivity index (χ3n) is 11.6. The lowest BCUT2D eigenvalue weighted by atomic mass is 10.1. The molecule has 1 N–H and O–H groups in total. The number of nitrogens with one attached hydrogen (secondary N) is 1. The van der Waals surface area contributed by atoms with Crippen LogP contribution in [-0.2, 0) is 66.9 Å². The molecule has 0 aliphatic rings. The van der Waals surface area contributed by atoms with E-state index in [0.717, 1.165) is 44.5 Å². The molecule has 76 heavy (non-hydrogen) atoms. The molecule has 390 valence electrons. The van der Waals surface area contributed by atoms with Gasteiger partial charge in [0.25, 0.3) is 0 Å². The number of hydrogen-bond acceptors (Lipinski definition) is 11. The molecule has 8 aromatic rings. The second-order valence-electron chi connectivity index (χ2n) is 19.0. The quantitative estimate of drug-likeness (QED) is 0.0549. The van der Waals surface area contributed by atoms with Gasteiger partial charge in [-0.05, 0) is 114 Å². The van der Waals surface area contributed by atoms with Crippen molar-refractivity contribution >= 4 is 12.1 Å². The van der Waals surface area contributed by atoms with Crippen LogP contribution in [0.15, 0.2) is 200 Å². The summed E-state index contributed by atoms with van der Waals surface area (Å²) in [7, 11) is 1.28. The molecule has 0 aromatic heterocycles. The minimum atomic E-state index is -0.955. The highest BCUT2D eigenvalue weighted by atomic mass is 16.6. The van der Waals surface area contributed by atoms with Gasteiger partial charge in [-0.2, -0.15) is 0 Å². The van der Waals surface area contributed by atoms with Crippen molar-refractivity contribution in [1.29, 1.82) is 0 Å². The lowest BCUT2D eigenvalue weighted by Gasteiger charge is -2.22. The van der Waals surface area contributed by atoms with E-state index in [0.29, 0.717) is 66.7 Å². The first-order valence-electron chi connectivity index (χ1n) is 25.1. The zero-order valence-corrected chi connectivity index (χ0v) is 43.3. The summed E-state index contributed by atoms with van der Waals surface area (Å²) in [5.41, 5.74) is 6.66. The Morgan fingerprint density at radius 1 is 0.368 bits per heavy atom. The lowest BCUT2D eigenvalue weighted by molar-refractivity contribution is -0.143. The Morgan fingerprint density at radius 2 is 0.658 bits per heavy atom. The zero-order chi connectivity index (χ0) is 53.0. The summed E-state index contributed by atoms with van der Waals surface area (Å²) in [4.78, 5) is 25.2. The zero-order valence-electron chi connectivity index (χ0n) is 43.3. The minimum Gasteiger partial charge on any atom is -0.489 e. The standard InChI is InChI=1S/C64H63NO11/c1-64(2,3)76-63(67)65-61(62(66)68-4)35-46-25-27-54(28-26-46)69-43-51-29-59(74-44-52-31-55(70-39-47-17-9-5-10-18-47)36-56(32-52)71-40-48-19-11-6-12-20-48)38-60(30-51)75-45-53-33-57(72-41-49-21-13-7-14-22-49)37-58(34-53)73-42-50-23-15-8-16-24-50/h5-34,36-38,61H,35,39-45H2,1-4H3,(H,65,67)/t61-/m0/s1. The van der Waals surface area contributed by atoms with E-state index in [4.69, 9.17) is 42.6 Å². The minimum absolute atomic E-state index is 0.165. The number of benzene rings is 8. The molecular formula is C64H63NO11. The number of ether oxygens (including phenoxy) is 9. The van der Waals surface area contributed by atoms with Gasteiger partial charge in [0, 0.05) is 24.6 Å². The number of carbonyl (C=O) groups excluding carboxylic acids is 2. The molecule has 0 saturated carbocycles. The van der Waals surface area contributed by atoms with Gasteiger partial charge in [-0.25, -0.2) is 9.59 Å². The highest BCUT2D eigenvalue weighted by molar-refractivity contribution is 5.81. The fourth-order valence-corrected chi connectivity index (χ4v) is 7.85. The lowest BCUT2D eigenvalue weighted by Crippen LogP contribution is -2.45. The van der Waals surface area contributed by atoms with Gasteiger partial charge in [-0.15, -0.1) is 0 Å². The van der Waals surface area contributed by atoms with E-state index >= 15 is 0 Å². The highest BCUT2D eigenvalue weighted by Gasteiger charge is 2.25. The Balaban J connectivity index is 1.02. The largest absolute Gasteiger partial charge is 0.489 e. The molecule has 0 spiro atoms. The van der Waals surface area contributed by atoms with E-state index in [1.54, 1.807) is 20.8 Å². The van der Waals surface area contributed by atoms with Gasteiger partial charge in [0.15, 0.2) is 0 Å². The van der Waals surface area contributed by atoms with Crippen LogP contribution in [0.3, 0.4) is 0 Å². The Morgan fingerprint density at radius 3 is 0.947 bits per heavy atom. The summed E-state index contributed by atoms with van der Waals surface area (Å²) < 4.78 is 55.0. The van der Waals surface area contributed by atoms with Crippen molar-refractivity contribution < 1.29 is 52.2 Å². The smallest absolute Gasteiger partial charge is 0.408 e. The van der Waals surface area contributed by atoms with Crippen LogP contribution in [0.1, 0.15) is 65.3 Å². The molecule has 0 radical (unpaired) electrons. The molecule has 12 heteroatoms. The fourth-order valence-electron chi connectivity index (χ4n) is 7.85. The van der Waals surface area contributed by atoms with Crippen LogP contribution in [0.5, 0.6) is 40.2 Å². The van der Waals surface area contributed by atoms with Gasteiger partial charge < -0.3 is 47.9 Å². The van der Waals surface area contributed by atoms with Crippen LogP contribution in [0.25, 0.3) is 0 Å². The van der Waals surface area contributed by atoms with Gasteiger partial charge in [0.05, 0.1) is 7.11 Å². The van der Waals surface area contributed by atoms with Crippen LogP contribution in [-0.4, -0.2) is 30.8 Å². The number of alkyl carbamates (subject to hydrolysis) is 1. The average Bonchev–Trinajstić information content (AvgIpc) is 3.44. The Labute approximate surface area is 445 Å². The SMILES string of the molecule is COC(=O)[C@H](Cc1ccc(OCc2cc(OCc3cc(OCc4ccccc4)cc(OCc4ccccc4)c3)cc(OCc3cc(OCc4ccccc4)cc(OCc4ccccc4)c3)c2)cc1)NC(=O)OC(C)(C)C. The first kappa shape index (κ1) is 53.4. The van der Waals surface area contributed by atoms with E-state index in [9.17, 15) is 9.59 Å². The summed E-state index contributed by atoms with van der Waals surface area (Å²) in [6, 6.07) is 63.6. The topological polar surface area (TPSA) is 129 Å². The summed E-state index contributed by atoms with van der Waals surface area (Å²) in [6.07, 6.45) is -0.534. The monoisotopic (exact) mass is 1020 g/mol. The van der Waals surface area contributed by atoms with Gasteiger partial charge >= 0.3 is 12.1 Å². The van der Waals surface area contributed by atoms with Crippen LogP contribution in [0, 0.1) is 0 Å². The van der Waals surface area contributed by atoms with Gasteiger partial charge in [-0.3, -0.25) is 0 Å². The number of amides is 1. The van der Waals surface area contributed by atoms with Gasteiger partial charge in [-0.1, -0.05) is 133 Å². The maximum Gasteiger partial charge on any atom is 0.408 e. The molecule has 0 aliphatic heterocycles. The predicted octanol–water partition coefficient (Wildman–Crippen LogP) is 13.3. The molecule has 0 fully saturated rings. The van der Waals surface area contributed by atoms with Crippen molar-refractivity contribution in [2.24, 2.45) is 0 Å². The van der Waals surface area contributed by atoms with Crippen molar-refractivity contribution in [3.63, 3.8) is 0 Å². The molecule has 1 atom stereocenters. The van der Waals surface area contributed by atoms with Crippen LogP contribution < -0.4 is 38.5 Å².